The van der Waals surface area contributed by atoms with Crippen molar-refractivity contribution in [3.63, 3.8) is 0 Å². The maximum Gasteiger partial charge on any atom is 0.250 e. The second-order valence-corrected chi connectivity index (χ2v) is 6.77. The van der Waals surface area contributed by atoms with Crippen LogP contribution < -0.4 is 0 Å². The van der Waals surface area contributed by atoms with Crippen molar-refractivity contribution in [3.8, 4) is 0 Å². The van der Waals surface area contributed by atoms with Gasteiger partial charge < -0.3 is 4.74 Å². The highest BCUT2D eigenvalue weighted by molar-refractivity contribution is 5.40. The SMILES string of the molecule is COCCc1cnn2cc(CCCC(C)(C)C(C)(F)F)nc2c1. The summed E-state index contributed by atoms with van der Waals surface area (Å²) >= 11 is 0. The molecule has 0 saturated carbocycles. The summed E-state index contributed by atoms with van der Waals surface area (Å²) in [5.74, 6) is -2.68. The van der Waals surface area contributed by atoms with Gasteiger partial charge in [-0.1, -0.05) is 13.8 Å². The van der Waals surface area contributed by atoms with Crippen molar-refractivity contribution >= 4 is 5.65 Å². The fourth-order valence-corrected chi connectivity index (χ4v) is 2.37. The predicted octanol–water partition coefficient (Wildman–Crippen LogP) is 3.92. The Bertz CT molecular complexity index is 647. The smallest absolute Gasteiger partial charge is 0.250 e. The summed E-state index contributed by atoms with van der Waals surface area (Å²) in [4.78, 5) is 4.54. The maximum absolute atomic E-state index is 13.5. The van der Waals surface area contributed by atoms with E-state index in [1.165, 1.54) is 0 Å². The first-order valence-corrected chi connectivity index (χ1v) is 7.93. The number of aromatic nitrogens is 3. The van der Waals surface area contributed by atoms with Gasteiger partial charge in [0.15, 0.2) is 5.65 Å². The van der Waals surface area contributed by atoms with E-state index in [0.717, 1.165) is 30.2 Å². The van der Waals surface area contributed by atoms with E-state index in [4.69, 9.17) is 4.74 Å². The fraction of sp³-hybridized carbons (Fsp3) is 0.647. The normalized spacial score (nSPS) is 13.0. The molecule has 6 heteroatoms. The molecule has 2 rings (SSSR count). The average molecular weight is 325 g/mol. The number of halogens is 2. The average Bonchev–Trinajstić information content (AvgIpc) is 2.85. The largest absolute Gasteiger partial charge is 0.384 e. The van der Waals surface area contributed by atoms with E-state index in [-0.39, 0.29) is 0 Å². The second kappa shape index (κ2) is 6.91. The van der Waals surface area contributed by atoms with Gasteiger partial charge in [0.1, 0.15) is 0 Å². The van der Waals surface area contributed by atoms with E-state index < -0.39 is 11.3 Å². The molecular weight excluding hydrogens is 300 g/mol. The summed E-state index contributed by atoms with van der Waals surface area (Å²) in [7, 11) is 1.67. The van der Waals surface area contributed by atoms with Gasteiger partial charge in [0, 0.05) is 12.5 Å². The molecule has 0 saturated heterocycles. The number of alkyl halides is 2. The topological polar surface area (TPSA) is 39.4 Å². The molecule has 0 N–H and O–H groups in total. The lowest BCUT2D eigenvalue weighted by Gasteiger charge is -2.31. The third-order valence-corrected chi connectivity index (χ3v) is 4.44. The minimum absolute atomic E-state index is 0.455. The van der Waals surface area contributed by atoms with Gasteiger partial charge in [-0.25, -0.2) is 18.3 Å². The van der Waals surface area contributed by atoms with E-state index in [0.29, 0.717) is 25.9 Å². The molecule has 128 valence electrons. The summed E-state index contributed by atoms with van der Waals surface area (Å²) < 4.78 is 33.8. The van der Waals surface area contributed by atoms with Crippen LogP contribution in [0.2, 0.25) is 0 Å². The molecule has 0 aromatic carbocycles. The van der Waals surface area contributed by atoms with E-state index in [9.17, 15) is 8.78 Å². The summed E-state index contributed by atoms with van der Waals surface area (Å²) in [6.07, 6.45) is 6.27. The summed E-state index contributed by atoms with van der Waals surface area (Å²) in [5.41, 5.74) is 1.74. The number of hydrogen-bond donors (Lipinski definition) is 0. The summed E-state index contributed by atoms with van der Waals surface area (Å²) in [6.45, 7) is 4.86. The Morgan fingerprint density at radius 1 is 1.22 bits per heavy atom. The van der Waals surface area contributed by atoms with E-state index in [1.54, 1.807) is 31.7 Å². The number of fused-ring (bicyclic) bond motifs is 1. The van der Waals surface area contributed by atoms with Crippen LogP contribution in [0.4, 0.5) is 8.78 Å². The number of nitrogens with zero attached hydrogens (tertiary/aromatic N) is 3. The molecule has 0 radical (unpaired) electrons. The molecule has 2 aromatic heterocycles. The molecule has 2 heterocycles. The van der Waals surface area contributed by atoms with Crippen LogP contribution in [-0.4, -0.2) is 34.2 Å². The van der Waals surface area contributed by atoms with Crippen molar-refractivity contribution in [2.24, 2.45) is 5.41 Å². The molecule has 0 unspecified atom stereocenters. The van der Waals surface area contributed by atoms with Crippen LogP contribution in [0, 0.1) is 5.41 Å². The minimum atomic E-state index is -2.68. The van der Waals surface area contributed by atoms with Crippen LogP contribution in [0.15, 0.2) is 18.5 Å². The van der Waals surface area contributed by atoms with Gasteiger partial charge in [-0.2, -0.15) is 5.10 Å². The Labute approximate surface area is 135 Å². The van der Waals surface area contributed by atoms with Crippen LogP contribution in [0.3, 0.4) is 0 Å². The van der Waals surface area contributed by atoms with E-state index in [2.05, 4.69) is 10.1 Å². The molecule has 0 bridgehead atoms. The molecule has 0 atom stereocenters. The molecule has 0 aliphatic rings. The van der Waals surface area contributed by atoms with Crippen molar-refractivity contribution in [1.82, 2.24) is 14.6 Å². The zero-order chi connectivity index (χ0) is 17.1. The Morgan fingerprint density at radius 3 is 2.61 bits per heavy atom. The lowest BCUT2D eigenvalue weighted by molar-refractivity contribution is -0.0927. The van der Waals surface area contributed by atoms with Gasteiger partial charge in [-0.05, 0) is 44.2 Å². The van der Waals surface area contributed by atoms with Crippen LogP contribution in [-0.2, 0) is 17.6 Å². The van der Waals surface area contributed by atoms with Crippen molar-refractivity contribution in [3.05, 3.63) is 29.7 Å². The quantitative estimate of drug-likeness (QED) is 0.738. The predicted molar refractivity (Wildman–Crippen MR) is 85.9 cm³/mol. The molecular formula is C17H25F2N3O. The molecule has 0 aliphatic carbocycles. The van der Waals surface area contributed by atoms with Crippen LogP contribution in [0.25, 0.3) is 5.65 Å². The zero-order valence-corrected chi connectivity index (χ0v) is 14.3. The molecule has 0 spiro atoms. The summed E-state index contributed by atoms with van der Waals surface area (Å²) in [5, 5.41) is 4.33. The molecule has 4 nitrogen and oxygen atoms in total. The van der Waals surface area contributed by atoms with E-state index >= 15 is 0 Å². The first-order valence-electron chi connectivity index (χ1n) is 7.93. The second-order valence-electron chi connectivity index (χ2n) is 6.77. The maximum atomic E-state index is 13.5. The number of methoxy groups -OCH3 is 1. The number of imidazole rings is 1. The Kier molecular flexibility index (Phi) is 5.34. The lowest BCUT2D eigenvalue weighted by Crippen LogP contribution is -2.33. The fourth-order valence-electron chi connectivity index (χ4n) is 2.37. The van der Waals surface area contributed by atoms with Crippen LogP contribution >= 0.6 is 0 Å². The lowest BCUT2D eigenvalue weighted by atomic mass is 9.81. The number of ether oxygens (including phenoxy) is 1. The Morgan fingerprint density at radius 2 is 1.96 bits per heavy atom. The highest BCUT2D eigenvalue weighted by atomic mass is 19.3. The van der Waals surface area contributed by atoms with Crippen molar-refractivity contribution in [2.45, 2.75) is 52.4 Å². The Hall–Kier alpha value is -1.56. The monoisotopic (exact) mass is 325 g/mol. The standard InChI is InChI=1S/C17H25F2N3O/c1-16(2,17(3,18)19)8-5-6-14-12-22-15(21-14)10-13(11-20-22)7-9-23-4/h10-12H,5-9H2,1-4H3. The van der Waals surface area contributed by atoms with Crippen LogP contribution in [0.1, 0.15) is 44.9 Å². The molecule has 0 amide bonds. The van der Waals surface area contributed by atoms with Gasteiger partial charge in [-0.15, -0.1) is 0 Å². The van der Waals surface area contributed by atoms with E-state index in [1.807, 2.05) is 12.3 Å². The molecule has 0 fully saturated rings. The van der Waals surface area contributed by atoms with Gasteiger partial charge >= 0.3 is 0 Å². The Balaban J connectivity index is 1.98. The van der Waals surface area contributed by atoms with Gasteiger partial charge in [0.25, 0.3) is 0 Å². The molecule has 0 aliphatic heterocycles. The third kappa shape index (κ3) is 4.47. The van der Waals surface area contributed by atoms with Crippen molar-refractivity contribution in [2.75, 3.05) is 13.7 Å². The van der Waals surface area contributed by atoms with Crippen LogP contribution in [0.5, 0.6) is 0 Å². The zero-order valence-electron chi connectivity index (χ0n) is 14.3. The molecule has 23 heavy (non-hydrogen) atoms. The third-order valence-electron chi connectivity index (χ3n) is 4.44. The summed E-state index contributed by atoms with van der Waals surface area (Å²) in [6, 6.07) is 1.99. The highest BCUT2D eigenvalue weighted by Crippen LogP contribution is 2.39. The van der Waals surface area contributed by atoms with Gasteiger partial charge in [0.2, 0.25) is 5.92 Å². The molecule has 2 aromatic rings. The first-order chi connectivity index (χ1) is 10.7. The van der Waals surface area contributed by atoms with Gasteiger partial charge in [-0.3, -0.25) is 0 Å². The van der Waals surface area contributed by atoms with Crippen molar-refractivity contribution < 1.29 is 13.5 Å². The van der Waals surface area contributed by atoms with Crippen molar-refractivity contribution in [1.29, 1.82) is 0 Å². The highest BCUT2D eigenvalue weighted by Gasteiger charge is 2.41. The number of aryl methyl sites for hydroxylation is 1. The first kappa shape index (κ1) is 17.8. The minimum Gasteiger partial charge on any atom is -0.384 e. The van der Waals surface area contributed by atoms with Gasteiger partial charge in [0.05, 0.1) is 24.7 Å². The number of hydrogen-bond acceptors (Lipinski definition) is 3. The number of rotatable bonds is 8.